The average molecular weight is 477 g/mol. The minimum atomic E-state index is 0.470. The Morgan fingerprint density at radius 2 is 1.88 bits per heavy atom. The summed E-state index contributed by atoms with van der Waals surface area (Å²) in [7, 11) is 0. The first-order valence-corrected chi connectivity index (χ1v) is 12.3. The first kappa shape index (κ1) is 22.7. The van der Waals surface area contributed by atoms with Gasteiger partial charge in [0.1, 0.15) is 23.3 Å². The summed E-state index contributed by atoms with van der Waals surface area (Å²) < 4.78 is 13.8. The second kappa shape index (κ2) is 10.0. The Labute approximate surface area is 204 Å². The summed E-state index contributed by atoms with van der Waals surface area (Å²) in [5.74, 6) is 2.41. The third-order valence-electron chi connectivity index (χ3n) is 6.51. The molecule has 0 spiro atoms. The van der Waals surface area contributed by atoms with Crippen molar-refractivity contribution < 1.29 is 9.47 Å². The van der Waals surface area contributed by atoms with E-state index in [1.807, 2.05) is 41.8 Å². The maximum absolute atomic E-state index is 6.44. The predicted molar refractivity (Wildman–Crippen MR) is 136 cm³/mol. The number of hydrogen-bond acceptors (Lipinski definition) is 5. The first-order chi connectivity index (χ1) is 16.7. The van der Waals surface area contributed by atoms with Crippen LogP contribution in [0.3, 0.4) is 0 Å². The predicted octanol–water partition coefficient (Wildman–Crippen LogP) is 6.66. The number of halogens is 1. The van der Waals surface area contributed by atoms with E-state index in [9.17, 15) is 0 Å². The van der Waals surface area contributed by atoms with Crippen molar-refractivity contribution >= 4 is 22.9 Å². The second-order valence-electron chi connectivity index (χ2n) is 8.66. The van der Waals surface area contributed by atoms with Crippen LogP contribution in [0.15, 0.2) is 54.9 Å². The topological polar surface area (TPSA) is 74.7 Å². The summed E-state index contributed by atoms with van der Waals surface area (Å²) in [6, 6.07) is 15.5. The fraction of sp³-hybridized carbons (Fsp3) is 0.333. The molecule has 0 aliphatic heterocycles. The quantitative estimate of drug-likeness (QED) is 0.288. The van der Waals surface area contributed by atoms with Gasteiger partial charge in [-0.05, 0) is 67.6 Å². The molecule has 2 aromatic heterocycles. The number of nitrogen functional groups attached to an aromatic ring is 1. The molecule has 34 heavy (non-hydrogen) atoms. The van der Waals surface area contributed by atoms with Crippen LogP contribution in [-0.4, -0.2) is 27.8 Å². The molecule has 2 aromatic carbocycles. The molecule has 2 heterocycles. The molecular formula is C27H29ClN4O2. The van der Waals surface area contributed by atoms with Crippen LogP contribution >= 0.6 is 11.6 Å². The number of rotatable bonds is 8. The molecule has 7 heteroatoms. The number of aromatic nitrogens is 3. The van der Waals surface area contributed by atoms with Crippen molar-refractivity contribution in [3.8, 4) is 22.6 Å². The SMILES string of the molecule is CCOCCc1c(-c2ccc(Oc3cccc(Cl)c3)cc2)c2c(N)ncnn2c1C1CCCC1. The monoisotopic (exact) mass is 476 g/mol. The van der Waals surface area contributed by atoms with Gasteiger partial charge in [-0.3, -0.25) is 0 Å². The molecule has 1 aliphatic rings. The third kappa shape index (κ3) is 4.48. The molecule has 0 bridgehead atoms. The Kier molecular flexibility index (Phi) is 6.70. The number of ether oxygens (including phenoxy) is 2. The summed E-state index contributed by atoms with van der Waals surface area (Å²) >= 11 is 6.10. The van der Waals surface area contributed by atoms with Crippen LogP contribution in [0.2, 0.25) is 5.02 Å². The molecule has 0 radical (unpaired) electrons. The van der Waals surface area contributed by atoms with E-state index in [1.165, 1.54) is 36.9 Å². The zero-order chi connectivity index (χ0) is 23.5. The number of nitrogens with two attached hydrogens (primary N) is 1. The summed E-state index contributed by atoms with van der Waals surface area (Å²) in [6.45, 7) is 3.37. The summed E-state index contributed by atoms with van der Waals surface area (Å²) in [5.41, 5.74) is 12.0. The smallest absolute Gasteiger partial charge is 0.151 e. The van der Waals surface area contributed by atoms with Gasteiger partial charge < -0.3 is 15.2 Å². The van der Waals surface area contributed by atoms with E-state index < -0.39 is 0 Å². The lowest BCUT2D eigenvalue weighted by Gasteiger charge is -2.14. The Morgan fingerprint density at radius 1 is 1.09 bits per heavy atom. The van der Waals surface area contributed by atoms with E-state index in [1.54, 1.807) is 12.4 Å². The Balaban J connectivity index is 1.59. The van der Waals surface area contributed by atoms with Crippen molar-refractivity contribution in [2.75, 3.05) is 18.9 Å². The molecule has 0 unspecified atom stereocenters. The van der Waals surface area contributed by atoms with Crippen molar-refractivity contribution in [2.24, 2.45) is 0 Å². The van der Waals surface area contributed by atoms with Crippen molar-refractivity contribution in [1.29, 1.82) is 0 Å². The maximum Gasteiger partial charge on any atom is 0.151 e. The minimum Gasteiger partial charge on any atom is -0.457 e. The fourth-order valence-corrected chi connectivity index (χ4v) is 5.22. The van der Waals surface area contributed by atoms with E-state index in [4.69, 9.17) is 26.8 Å². The lowest BCUT2D eigenvalue weighted by molar-refractivity contribution is 0.150. The van der Waals surface area contributed by atoms with Gasteiger partial charge in [-0.1, -0.05) is 42.6 Å². The van der Waals surface area contributed by atoms with Crippen LogP contribution in [0.25, 0.3) is 16.6 Å². The van der Waals surface area contributed by atoms with E-state index >= 15 is 0 Å². The average Bonchev–Trinajstić information content (AvgIpc) is 3.47. The van der Waals surface area contributed by atoms with Crippen LogP contribution in [0.5, 0.6) is 11.5 Å². The standard InChI is InChI=1S/C27H29ClN4O2/c1-2-33-15-14-23-24(18-10-12-21(13-11-18)34-22-9-5-8-20(28)16-22)26-27(29)30-17-31-32(26)25(23)19-6-3-4-7-19/h5,8-13,16-17,19H,2-4,6-7,14-15H2,1H3,(H2,29,30,31). The van der Waals surface area contributed by atoms with E-state index in [0.717, 1.165) is 28.8 Å². The van der Waals surface area contributed by atoms with Gasteiger partial charge in [-0.15, -0.1) is 0 Å². The lowest BCUT2D eigenvalue weighted by Crippen LogP contribution is -2.07. The van der Waals surface area contributed by atoms with Crippen LogP contribution in [-0.2, 0) is 11.2 Å². The van der Waals surface area contributed by atoms with Gasteiger partial charge in [0.2, 0.25) is 0 Å². The molecule has 0 saturated heterocycles. The van der Waals surface area contributed by atoms with Gasteiger partial charge >= 0.3 is 0 Å². The number of anilines is 1. The van der Waals surface area contributed by atoms with Crippen molar-refractivity contribution in [3.63, 3.8) is 0 Å². The molecule has 176 valence electrons. The largest absolute Gasteiger partial charge is 0.457 e. The molecule has 5 rings (SSSR count). The molecule has 6 nitrogen and oxygen atoms in total. The molecule has 0 amide bonds. The summed E-state index contributed by atoms with van der Waals surface area (Å²) in [6.07, 6.45) is 7.19. The summed E-state index contributed by atoms with van der Waals surface area (Å²) in [5, 5.41) is 5.29. The minimum absolute atomic E-state index is 0.470. The number of hydrogen-bond donors (Lipinski definition) is 1. The van der Waals surface area contributed by atoms with Crippen molar-refractivity contribution in [3.05, 3.63) is 71.1 Å². The van der Waals surface area contributed by atoms with Crippen molar-refractivity contribution in [2.45, 2.75) is 44.9 Å². The number of nitrogens with zero attached hydrogens (tertiary/aromatic N) is 3. The zero-order valence-corrected chi connectivity index (χ0v) is 20.1. The van der Waals surface area contributed by atoms with Crippen molar-refractivity contribution in [1.82, 2.24) is 14.6 Å². The maximum atomic E-state index is 6.44. The van der Waals surface area contributed by atoms with E-state index in [-0.39, 0.29) is 0 Å². The van der Waals surface area contributed by atoms with Gasteiger partial charge in [0.05, 0.1) is 6.61 Å². The van der Waals surface area contributed by atoms with Gasteiger partial charge in [0, 0.05) is 28.8 Å². The van der Waals surface area contributed by atoms with Crippen LogP contribution in [0, 0.1) is 0 Å². The third-order valence-corrected chi connectivity index (χ3v) is 6.75. The Morgan fingerprint density at radius 3 is 2.62 bits per heavy atom. The van der Waals surface area contributed by atoms with Gasteiger partial charge in [0.15, 0.2) is 5.82 Å². The fourth-order valence-electron chi connectivity index (χ4n) is 5.04. The van der Waals surface area contributed by atoms with Gasteiger partial charge in [0.25, 0.3) is 0 Å². The van der Waals surface area contributed by atoms with E-state index in [0.29, 0.717) is 35.7 Å². The highest BCUT2D eigenvalue weighted by Gasteiger charge is 2.29. The molecule has 0 atom stereocenters. The first-order valence-electron chi connectivity index (χ1n) is 11.9. The normalized spacial score (nSPS) is 14.2. The van der Waals surface area contributed by atoms with Gasteiger partial charge in [-0.25, -0.2) is 9.50 Å². The molecular weight excluding hydrogens is 448 g/mol. The highest BCUT2D eigenvalue weighted by atomic mass is 35.5. The molecule has 1 saturated carbocycles. The van der Waals surface area contributed by atoms with Gasteiger partial charge in [-0.2, -0.15) is 5.10 Å². The molecule has 4 aromatic rings. The highest BCUT2D eigenvalue weighted by molar-refractivity contribution is 6.30. The van der Waals surface area contributed by atoms with Crippen LogP contribution in [0.1, 0.15) is 49.8 Å². The Hall–Kier alpha value is -3.09. The summed E-state index contributed by atoms with van der Waals surface area (Å²) in [4.78, 5) is 4.33. The number of benzene rings is 2. The Bertz CT molecular complexity index is 1280. The number of fused-ring (bicyclic) bond motifs is 1. The molecule has 1 aliphatic carbocycles. The molecule has 1 fully saturated rings. The van der Waals surface area contributed by atoms with E-state index in [2.05, 4.69) is 22.2 Å². The lowest BCUT2D eigenvalue weighted by atomic mass is 9.93. The van der Waals surface area contributed by atoms with Crippen LogP contribution < -0.4 is 10.5 Å². The zero-order valence-electron chi connectivity index (χ0n) is 19.3. The van der Waals surface area contributed by atoms with Crippen LogP contribution in [0.4, 0.5) is 5.82 Å². The molecule has 2 N–H and O–H groups in total. The second-order valence-corrected chi connectivity index (χ2v) is 9.09. The highest BCUT2D eigenvalue weighted by Crippen LogP contribution is 2.43.